The highest BCUT2D eigenvalue weighted by Gasteiger charge is 2.47. The SMILES string of the molecule is CC1=CC(C)=C(CN2CCc3c(Cl)c4c(c(C)c3C2=O)OC(C)(c2c(C)noc2C)O4)C(=O)C1. The summed E-state index contributed by atoms with van der Waals surface area (Å²) in [6, 6.07) is 0. The van der Waals surface area contributed by atoms with Gasteiger partial charge in [-0.05, 0) is 52.2 Å². The van der Waals surface area contributed by atoms with E-state index in [1.807, 2.05) is 33.8 Å². The molecule has 1 atom stereocenters. The van der Waals surface area contributed by atoms with Gasteiger partial charge in [-0.2, -0.15) is 0 Å². The Balaban J connectivity index is 1.52. The van der Waals surface area contributed by atoms with Crippen molar-refractivity contribution < 1.29 is 23.6 Å². The number of aryl methyl sites for hydroxylation is 2. The van der Waals surface area contributed by atoms with Crippen LogP contribution in [0.15, 0.2) is 27.3 Å². The molecule has 3 heterocycles. The molecule has 1 aromatic carbocycles. The van der Waals surface area contributed by atoms with Gasteiger partial charge in [0.25, 0.3) is 11.7 Å². The third kappa shape index (κ3) is 3.28. The van der Waals surface area contributed by atoms with Gasteiger partial charge in [-0.15, -0.1) is 0 Å². The smallest absolute Gasteiger partial charge is 0.280 e. The van der Waals surface area contributed by atoms with Crippen molar-refractivity contribution in [2.45, 2.75) is 60.2 Å². The summed E-state index contributed by atoms with van der Waals surface area (Å²) in [7, 11) is 0. The van der Waals surface area contributed by atoms with Crippen LogP contribution in [0.25, 0.3) is 0 Å². The van der Waals surface area contributed by atoms with Gasteiger partial charge < -0.3 is 18.9 Å². The molecule has 2 aliphatic heterocycles. The summed E-state index contributed by atoms with van der Waals surface area (Å²) in [6.07, 6.45) is 2.98. The summed E-state index contributed by atoms with van der Waals surface area (Å²) in [5, 5.41) is 4.41. The van der Waals surface area contributed by atoms with Gasteiger partial charge >= 0.3 is 0 Å². The maximum Gasteiger partial charge on any atom is 0.280 e. The molecular formula is C26H27ClN2O5. The molecule has 0 fully saturated rings. The molecule has 0 bridgehead atoms. The largest absolute Gasteiger partial charge is 0.444 e. The predicted octanol–water partition coefficient (Wildman–Crippen LogP) is 5.13. The molecule has 1 aromatic heterocycles. The number of allylic oxidation sites excluding steroid dienone is 3. The zero-order valence-electron chi connectivity index (χ0n) is 20.2. The number of halogens is 1. The lowest BCUT2D eigenvalue weighted by Gasteiger charge is -2.32. The van der Waals surface area contributed by atoms with E-state index in [1.165, 1.54) is 0 Å². The van der Waals surface area contributed by atoms with Gasteiger partial charge in [0.1, 0.15) is 11.3 Å². The first kappa shape index (κ1) is 22.7. The molecular weight excluding hydrogens is 456 g/mol. The summed E-state index contributed by atoms with van der Waals surface area (Å²) >= 11 is 6.79. The van der Waals surface area contributed by atoms with E-state index >= 15 is 0 Å². The first-order valence-electron chi connectivity index (χ1n) is 11.4. The summed E-state index contributed by atoms with van der Waals surface area (Å²) in [6.45, 7) is 11.9. The number of carbonyl (C=O) groups is 2. The molecule has 0 saturated heterocycles. The Morgan fingerprint density at radius 2 is 1.82 bits per heavy atom. The summed E-state index contributed by atoms with van der Waals surface area (Å²) in [4.78, 5) is 28.0. The van der Waals surface area contributed by atoms with Crippen LogP contribution in [-0.4, -0.2) is 34.8 Å². The lowest BCUT2D eigenvalue weighted by atomic mass is 9.90. The van der Waals surface area contributed by atoms with Crippen LogP contribution in [0, 0.1) is 20.8 Å². The fraction of sp³-hybridized carbons (Fsp3) is 0.423. The zero-order chi connectivity index (χ0) is 24.5. The summed E-state index contributed by atoms with van der Waals surface area (Å²) in [5.74, 6) is 0.230. The molecule has 5 rings (SSSR count). The minimum absolute atomic E-state index is 0.0757. The van der Waals surface area contributed by atoms with Crippen LogP contribution in [0.2, 0.25) is 5.02 Å². The molecule has 34 heavy (non-hydrogen) atoms. The fourth-order valence-corrected chi connectivity index (χ4v) is 5.70. The number of carbonyl (C=O) groups excluding carboxylic acids is 2. The first-order chi connectivity index (χ1) is 16.0. The Hall–Kier alpha value is -3.06. The van der Waals surface area contributed by atoms with Gasteiger partial charge in [0.2, 0.25) is 0 Å². The van der Waals surface area contributed by atoms with Crippen molar-refractivity contribution >= 4 is 23.3 Å². The topological polar surface area (TPSA) is 81.9 Å². The van der Waals surface area contributed by atoms with Crippen molar-refractivity contribution in [1.82, 2.24) is 10.1 Å². The minimum Gasteiger partial charge on any atom is -0.444 e. The Morgan fingerprint density at radius 1 is 1.12 bits per heavy atom. The number of ketones is 1. The lowest BCUT2D eigenvalue weighted by Crippen LogP contribution is -2.40. The minimum atomic E-state index is -1.17. The van der Waals surface area contributed by atoms with Gasteiger partial charge in [0.15, 0.2) is 17.3 Å². The Morgan fingerprint density at radius 3 is 2.47 bits per heavy atom. The number of benzene rings is 1. The maximum atomic E-state index is 13.6. The standard InChI is InChI=1S/C26H27ClN2O5/c1-12-9-13(2)18(19(30)10-12)11-29-8-7-17-20(25(29)31)14(3)23-24(22(17)27)33-26(6,32-23)21-15(4)28-34-16(21)5/h9H,7-8,10-11H2,1-6H3. The van der Waals surface area contributed by atoms with Crippen LogP contribution in [-0.2, 0) is 17.0 Å². The summed E-state index contributed by atoms with van der Waals surface area (Å²) in [5.41, 5.74) is 5.97. The van der Waals surface area contributed by atoms with Crippen LogP contribution < -0.4 is 9.47 Å². The van der Waals surface area contributed by atoms with E-state index in [1.54, 1.807) is 18.7 Å². The van der Waals surface area contributed by atoms with E-state index in [4.69, 9.17) is 25.6 Å². The molecule has 0 saturated carbocycles. The first-order valence-corrected chi connectivity index (χ1v) is 11.7. The number of amides is 1. The van der Waals surface area contributed by atoms with Crippen molar-refractivity contribution in [1.29, 1.82) is 0 Å². The summed E-state index contributed by atoms with van der Waals surface area (Å²) < 4.78 is 17.9. The van der Waals surface area contributed by atoms with Crippen LogP contribution in [0.4, 0.5) is 0 Å². The Labute approximate surface area is 203 Å². The molecule has 0 radical (unpaired) electrons. The van der Waals surface area contributed by atoms with Crippen LogP contribution >= 0.6 is 11.6 Å². The number of hydrogen-bond acceptors (Lipinski definition) is 6. The van der Waals surface area contributed by atoms with E-state index < -0.39 is 5.79 Å². The van der Waals surface area contributed by atoms with Crippen molar-refractivity contribution in [3.05, 3.63) is 61.5 Å². The number of Topliss-reactive ketones (excluding diaryl/α,β-unsaturated/α-hetero) is 1. The Kier molecular flexibility index (Phi) is 5.17. The van der Waals surface area contributed by atoms with E-state index in [-0.39, 0.29) is 18.2 Å². The van der Waals surface area contributed by atoms with E-state index in [0.29, 0.717) is 69.6 Å². The van der Waals surface area contributed by atoms with Crippen molar-refractivity contribution in [3.8, 4) is 11.5 Å². The zero-order valence-corrected chi connectivity index (χ0v) is 21.0. The molecule has 1 aliphatic carbocycles. The maximum absolute atomic E-state index is 13.6. The number of hydrogen-bond donors (Lipinski definition) is 0. The highest BCUT2D eigenvalue weighted by atomic mass is 35.5. The molecule has 0 N–H and O–H groups in total. The third-order valence-electron chi connectivity index (χ3n) is 6.97. The molecule has 1 unspecified atom stereocenters. The molecule has 8 heteroatoms. The average molecular weight is 483 g/mol. The van der Waals surface area contributed by atoms with E-state index in [2.05, 4.69) is 5.16 Å². The van der Waals surface area contributed by atoms with E-state index in [9.17, 15) is 9.59 Å². The van der Waals surface area contributed by atoms with Gasteiger partial charge in [-0.25, -0.2) is 0 Å². The fourth-order valence-electron chi connectivity index (χ4n) is 5.39. The molecule has 0 spiro atoms. The van der Waals surface area contributed by atoms with Crippen molar-refractivity contribution in [2.75, 3.05) is 13.1 Å². The monoisotopic (exact) mass is 482 g/mol. The normalized spacial score (nSPS) is 21.9. The van der Waals surface area contributed by atoms with Gasteiger partial charge in [-0.3, -0.25) is 9.59 Å². The highest BCUT2D eigenvalue weighted by molar-refractivity contribution is 6.34. The number of rotatable bonds is 3. The van der Waals surface area contributed by atoms with Gasteiger partial charge in [0, 0.05) is 37.6 Å². The van der Waals surface area contributed by atoms with Gasteiger partial charge in [0.05, 0.1) is 16.3 Å². The molecule has 2 aromatic rings. The number of nitrogens with zero attached hydrogens (tertiary/aromatic N) is 2. The average Bonchev–Trinajstić information content (AvgIpc) is 3.29. The lowest BCUT2D eigenvalue weighted by molar-refractivity contribution is -0.115. The quantitative estimate of drug-likeness (QED) is 0.603. The van der Waals surface area contributed by atoms with E-state index in [0.717, 1.165) is 16.7 Å². The predicted molar refractivity (Wildman–Crippen MR) is 126 cm³/mol. The molecule has 178 valence electrons. The van der Waals surface area contributed by atoms with Crippen molar-refractivity contribution in [2.24, 2.45) is 0 Å². The number of fused-ring (bicyclic) bond motifs is 2. The molecule has 1 amide bonds. The second kappa shape index (κ2) is 7.73. The molecule has 3 aliphatic rings. The third-order valence-corrected chi connectivity index (χ3v) is 7.37. The van der Waals surface area contributed by atoms with Gasteiger partial charge in [-0.1, -0.05) is 28.4 Å². The van der Waals surface area contributed by atoms with Crippen molar-refractivity contribution in [3.63, 3.8) is 0 Å². The van der Waals surface area contributed by atoms with Crippen LogP contribution in [0.5, 0.6) is 11.5 Å². The second-order valence-electron chi connectivity index (χ2n) is 9.53. The highest BCUT2D eigenvalue weighted by Crippen LogP contribution is 2.53. The number of ether oxygens (including phenoxy) is 2. The number of aromatic nitrogens is 1. The Bertz CT molecular complexity index is 1320. The second-order valence-corrected chi connectivity index (χ2v) is 9.91. The van der Waals surface area contributed by atoms with Crippen LogP contribution in [0.3, 0.4) is 0 Å². The molecule has 7 nitrogen and oxygen atoms in total. The van der Waals surface area contributed by atoms with Crippen LogP contribution in [0.1, 0.15) is 65.7 Å².